The summed E-state index contributed by atoms with van der Waals surface area (Å²) in [6.07, 6.45) is -0.257. The molecule has 0 spiro atoms. The number of halogens is 3. The summed E-state index contributed by atoms with van der Waals surface area (Å²) >= 11 is 0. The summed E-state index contributed by atoms with van der Waals surface area (Å²) in [4.78, 5) is 5.59. The standard InChI is InChI=1S/C14H11F3N2/c15-14(16,17)12-7-4-8-13-18-11(9-19(12)13)10-5-2-1-3-6-10/h1-8,11H,9H2. The smallest absolute Gasteiger partial charge is 0.320 e. The van der Waals surface area contributed by atoms with E-state index in [1.165, 1.54) is 11.0 Å². The summed E-state index contributed by atoms with van der Waals surface area (Å²) in [5.74, 6) is 0.378. The summed E-state index contributed by atoms with van der Waals surface area (Å²) in [7, 11) is 0. The van der Waals surface area contributed by atoms with Crippen LogP contribution in [-0.4, -0.2) is 23.5 Å². The van der Waals surface area contributed by atoms with E-state index in [9.17, 15) is 13.2 Å². The molecule has 0 aromatic heterocycles. The summed E-state index contributed by atoms with van der Waals surface area (Å²) in [5, 5.41) is 0. The number of hydrogen-bond donors (Lipinski definition) is 0. The topological polar surface area (TPSA) is 15.6 Å². The molecule has 1 atom stereocenters. The quantitative estimate of drug-likeness (QED) is 0.758. The average Bonchev–Trinajstić information content (AvgIpc) is 2.82. The number of aliphatic imine (C=N–C) groups is 1. The highest BCUT2D eigenvalue weighted by Gasteiger charge is 2.42. The van der Waals surface area contributed by atoms with E-state index in [1.807, 2.05) is 30.3 Å². The average molecular weight is 264 g/mol. The Labute approximate surface area is 108 Å². The molecule has 0 saturated heterocycles. The van der Waals surface area contributed by atoms with Crippen molar-refractivity contribution in [2.75, 3.05) is 6.54 Å². The highest BCUT2D eigenvalue weighted by Crippen LogP contribution is 2.36. The minimum absolute atomic E-state index is 0.231. The summed E-state index contributed by atoms with van der Waals surface area (Å²) < 4.78 is 38.7. The molecule has 0 aliphatic carbocycles. The molecule has 0 amide bonds. The highest BCUT2D eigenvalue weighted by atomic mass is 19.4. The first-order valence-electron chi connectivity index (χ1n) is 5.91. The lowest BCUT2D eigenvalue weighted by Gasteiger charge is -2.26. The normalized spacial score (nSPS) is 22.1. The van der Waals surface area contributed by atoms with Crippen LogP contribution in [0.15, 0.2) is 59.2 Å². The molecule has 5 heteroatoms. The molecule has 2 aliphatic rings. The number of fused-ring (bicyclic) bond motifs is 1. The van der Waals surface area contributed by atoms with Crippen LogP contribution >= 0.6 is 0 Å². The number of benzene rings is 1. The van der Waals surface area contributed by atoms with Gasteiger partial charge in [0, 0.05) is 0 Å². The molecule has 1 aromatic rings. The van der Waals surface area contributed by atoms with Gasteiger partial charge in [-0.25, -0.2) is 0 Å². The van der Waals surface area contributed by atoms with E-state index < -0.39 is 11.9 Å². The molecule has 0 bridgehead atoms. The molecule has 1 unspecified atom stereocenters. The summed E-state index contributed by atoms with van der Waals surface area (Å²) in [5.41, 5.74) is 0.284. The van der Waals surface area contributed by atoms with Crippen molar-refractivity contribution in [3.8, 4) is 0 Å². The zero-order chi connectivity index (χ0) is 13.5. The maximum absolute atomic E-state index is 12.9. The van der Waals surface area contributed by atoms with E-state index in [2.05, 4.69) is 4.99 Å². The van der Waals surface area contributed by atoms with Gasteiger partial charge in [-0.15, -0.1) is 0 Å². The number of rotatable bonds is 1. The van der Waals surface area contributed by atoms with Crippen molar-refractivity contribution < 1.29 is 13.2 Å². The predicted octanol–water partition coefficient (Wildman–Crippen LogP) is 3.46. The molecule has 19 heavy (non-hydrogen) atoms. The van der Waals surface area contributed by atoms with Crippen LogP contribution in [0.1, 0.15) is 11.6 Å². The molecule has 2 nitrogen and oxygen atoms in total. The van der Waals surface area contributed by atoms with Crippen molar-refractivity contribution in [2.45, 2.75) is 12.2 Å². The van der Waals surface area contributed by atoms with Gasteiger partial charge in [-0.05, 0) is 17.7 Å². The fourth-order valence-electron chi connectivity index (χ4n) is 2.31. The zero-order valence-electron chi connectivity index (χ0n) is 9.93. The van der Waals surface area contributed by atoms with Crippen molar-refractivity contribution >= 4 is 5.84 Å². The van der Waals surface area contributed by atoms with Gasteiger partial charge in [-0.1, -0.05) is 36.4 Å². The van der Waals surface area contributed by atoms with Gasteiger partial charge in [-0.2, -0.15) is 13.2 Å². The molecular weight excluding hydrogens is 253 g/mol. The van der Waals surface area contributed by atoms with Gasteiger partial charge in [-0.3, -0.25) is 4.99 Å². The van der Waals surface area contributed by atoms with Gasteiger partial charge >= 0.3 is 6.18 Å². The van der Waals surface area contributed by atoms with Crippen LogP contribution in [0.2, 0.25) is 0 Å². The third-order valence-electron chi connectivity index (χ3n) is 3.19. The SMILES string of the molecule is FC(F)(F)C1=CC=CC2=NC(c3ccccc3)CN12. The maximum Gasteiger partial charge on any atom is 0.431 e. The van der Waals surface area contributed by atoms with Crippen LogP contribution in [0.4, 0.5) is 13.2 Å². The van der Waals surface area contributed by atoms with Gasteiger partial charge in [0.1, 0.15) is 11.5 Å². The van der Waals surface area contributed by atoms with Crippen LogP contribution in [0.5, 0.6) is 0 Å². The number of allylic oxidation sites excluding steroid dienone is 3. The number of hydrogen-bond acceptors (Lipinski definition) is 2. The van der Waals surface area contributed by atoms with Gasteiger partial charge in [0.25, 0.3) is 0 Å². The lowest BCUT2D eigenvalue weighted by molar-refractivity contribution is -0.105. The van der Waals surface area contributed by atoms with E-state index in [4.69, 9.17) is 0 Å². The van der Waals surface area contributed by atoms with E-state index in [0.29, 0.717) is 5.84 Å². The third kappa shape index (κ3) is 2.16. The first kappa shape index (κ1) is 12.0. The molecule has 98 valence electrons. The molecular formula is C14H11F3N2. The Balaban J connectivity index is 1.91. The molecule has 0 saturated carbocycles. The van der Waals surface area contributed by atoms with Crippen molar-refractivity contribution in [1.29, 1.82) is 0 Å². The maximum atomic E-state index is 12.9. The second kappa shape index (κ2) is 4.26. The van der Waals surface area contributed by atoms with Crippen molar-refractivity contribution in [3.63, 3.8) is 0 Å². The van der Waals surface area contributed by atoms with Crippen LogP contribution in [0.3, 0.4) is 0 Å². The van der Waals surface area contributed by atoms with Gasteiger partial charge < -0.3 is 4.90 Å². The molecule has 0 N–H and O–H groups in total. The predicted molar refractivity (Wildman–Crippen MR) is 66.6 cm³/mol. The second-order valence-electron chi connectivity index (χ2n) is 4.43. The molecule has 0 fully saturated rings. The molecule has 0 radical (unpaired) electrons. The Bertz CT molecular complexity index is 570. The third-order valence-corrected chi connectivity index (χ3v) is 3.19. The number of amidine groups is 1. The summed E-state index contributed by atoms with van der Waals surface area (Å²) in [6.45, 7) is 0.231. The van der Waals surface area contributed by atoms with Crippen LogP contribution in [0.25, 0.3) is 0 Å². The van der Waals surface area contributed by atoms with Crippen molar-refractivity contribution in [1.82, 2.24) is 4.90 Å². The fraction of sp³-hybridized carbons (Fsp3) is 0.214. The van der Waals surface area contributed by atoms with Crippen LogP contribution in [-0.2, 0) is 0 Å². The Morgan fingerprint density at radius 1 is 1.16 bits per heavy atom. The number of nitrogens with zero attached hydrogens (tertiary/aromatic N) is 2. The Morgan fingerprint density at radius 3 is 2.58 bits per heavy atom. The van der Waals surface area contributed by atoms with Crippen molar-refractivity contribution in [2.24, 2.45) is 4.99 Å². The van der Waals surface area contributed by atoms with E-state index in [1.54, 1.807) is 6.08 Å². The Kier molecular flexibility index (Phi) is 2.69. The highest BCUT2D eigenvalue weighted by molar-refractivity contribution is 5.97. The van der Waals surface area contributed by atoms with Gasteiger partial charge in [0.15, 0.2) is 0 Å². The molecule has 1 aromatic carbocycles. The minimum atomic E-state index is -4.35. The first-order chi connectivity index (χ1) is 9.05. The lowest BCUT2D eigenvalue weighted by atomic mass is 10.1. The van der Waals surface area contributed by atoms with Gasteiger partial charge in [0.2, 0.25) is 0 Å². The van der Waals surface area contributed by atoms with Crippen LogP contribution in [0, 0.1) is 0 Å². The Hall–Kier alpha value is -2.04. The molecule has 3 rings (SSSR count). The van der Waals surface area contributed by atoms with Crippen LogP contribution < -0.4 is 0 Å². The van der Waals surface area contributed by atoms with Gasteiger partial charge in [0.05, 0.1) is 12.6 Å². The van der Waals surface area contributed by atoms with E-state index in [-0.39, 0.29) is 12.6 Å². The largest absolute Gasteiger partial charge is 0.431 e. The zero-order valence-corrected chi connectivity index (χ0v) is 9.93. The monoisotopic (exact) mass is 264 g/mol. The minimum Gasteiger partial charge on any atom is -0.320 e. The lowest BCUT2D eigenvalue weighted by Crippen LogP contribution is -2.35. The summed E-state index contributed by atoms with van der Waals surface area (Å²) in [6, 6.07) is 9.12. The fourth-order valence-corrected chi connectivity index (χ4v) is 2.31. The Morgan fingerprint density at radius 2 is 1.89 bits per heavy atom. The van der Waals surface area contributed by atoms with E-state index in [0.717, 1.165) is 11.6 Å². The second-order valence-corrected chi connectivity index (χ2v) is 4.43. The van der Waals surface area contributed by atoms with Crippen molar-refractivity contribution in [3.05, 3.63) is 59.8 Å². The number of alkyl halides is 3. The molecule has 2 heterocycles. The van der Waals surface area contributed by atoms with E-state index >= 15 is 0 Å². The molecule has 2 aliphatic heterocycles. The first-order valence-corrected chi connectivity index (χ1v) is 5.91.